The second-order valence-electron chi connectivity index (χ2n) is 3.95. The van der Waals surface area contributed by atoms with E-state index in [2.05, 4.69) is 5.32 Å². The zero-order valence-electron chi connectivity index (χ0n) is 10.3. The molecule has 1 N–H and O–H groups in total. The first-order chi connectivity index (χ1) is 9.92. The average molecular weight is 320 g/mol. The van der Waals surface area contributed by atoms with Gasteiger partial charge in [-0.25, -0.2) is 13.2 Å². The van der Waals surface area contributed by atoms with E-state index >= 15 is 0 Å². The van der Waals surface area contributed by atoms with E-state index < -0.39 is 34.9 Å². The minimum absolute atomic E-state index is 0.125. The average Bonchev–Trinajstić information content (AvgIpc) is 2.76. The Labute approximate surface area is 119 Å². The molecule has 0 aromatic carbocycles. The Hall–Kier alpha value is -2.16. The molecule has 2 heterocycles. The summed E-state index contributed by atoms with van der Waals surface area (Å²) in [4.78, 5) is 22.8. The van der Waals surface area contributed by atoms with Crippen LogP contribution in [0.15, 0.2) is 23.1 Å². The van der Waals surface area contributed by atoms with Gasteiger partial charge in [-0.1, -0.05) is 11.3 Å². The molecule has 0 atom stereocenters. The molecule has 0 aliphatic carbocycles. The molecule has 0 fully saturated rings. The number of carbonyl (C=O) groups is 1. The van der Waals surface area contributed by atoms with E-state index in [0.29, 0.717) is 6.07 Å². The molecule has 112 valence electrons. The molecule has 0 aliphatic heterocycles. The van der Waals surface area contributed by atoms with Gasteiger partial charge < -0.3 is 9.88 Å². The molecule has 9 heteroatoms. The van der Waals surface area contributed by atoms with Crippen LogP contribution in [0.5, 0.6) is 0 Å². The second-order valence-corrected chi connectivity index (χ2v) is 4.95. The molecule has 4 nitrogen and oxygen atoms in total. The SMILES string of the molecule is O=C(Nc1cc(F)c(=O)n(CCF)c1)c1cc(F)c(F)s1. The number of nitrogens with one attached hydrogen (secondary N) is 1. The Morgan fingerprint density at radius 3 is 2.52 bits per heavy atom. The quantitative estimate of drug-likeness (QED) is 0.880. The van der Waals surface area contributed by atoms with Crippen molar-refractivity contribution < 1.29 is 22.4 Å². The predicted octanol–water partition coefficient (Wildman–Crippen LogP) is 2.55. The molecule has 0 saturated heterocycles. The standard InChI is InChI=1S/C12H8F4N2O2S/c13-1-2-18-5-6(3-8(15)12(18)20)17-11(19)9-4-7(14)10(16)21-9/h3-5H,1-2H2,(H,17,19). The molecule has 2 aromatic rings. The van der Waals surface area contributed by atoms with Crippen LogP contribution in [-0.4, -0.2) is 17.1 Å². The topological polar surface area (TPSA) is 51.1 Å². The highest BCUT2D eigenvalue weighted by atomic mass is 32.1. The van der Waals surface area contributed by atoms with Crippen molar-refractivity contribution in [1.29, 1.82) is 0 Å². The van der Waals surface area contributed by atoms with Gasteiger partial charge in [0, 0.05) is 18.3 Å². The van der Waals surface area contributed by atoms with Crippen molar-refractivity contribution in [3.05, 3.63) is 50.3 Å². The summed E-state index contributed by atoms with van der Waals surface area (Å²) in [6.45, 7) is -1.26. The summed E-state index contributed by atoms with van der Waals surface area (Å²) in [6.07, 6.45) is 1.04. The zero-order chi connectivity index (χ0) is 15.6. The molecule has 21 heavy (non-hydrogen) atoms. The first kappa shape index (κ1) is 15.2. The number of aromatic nitrogens is 1. The maximum Gasteiger partial charge on any atom is 0.286 e. The van der Waals surface area contributed by atoms with Gasteiger partial charge >= 0.3 is 0 Å². The van der Waals surface area contributed by atoms with Crippen LogP contribution in [-0.2, 0) is 6.54 Å². The van der Waals surface area contributed by atoms with Crippen LogP contribution in [0.4, 0.5) is 23.2 Å². The summed E-state index contributed by atoms with van der Waals surface area (Å²) in [5.74, 6) is -3.21. The van der Waals surface area contributed by atoms with Crippen molar-refractivity contribution in [3.63, 3.8) is 0 Å². The fourth-order valence-corrected chi connectivity index (χ4v) is 2.23. The maximum atomic E-state index is 13.4. The first-order valence-corrected chi connectivity index (χ1v) is 6.46. The monoisotopic (exact) mass is 320 g/mol. The molecule has 2 aromatic heterocycles. The number of pyridine rings is 1. The van der Waals surface area contributed by atoms with E-state index in [9.17, 15) is 27.2 Å². The summed E-state index contributed by atoms with van der Waals surface area (Å²) in [7, 11) is 0. The number of thiophene rings is 1. The number of hydrogen-bond acceptors (Lipinski definition) is 3. The van der Waals surface area contributed by atoms with E-state index in [0.717, 1.165) is 16.8 Å². The van der Waals surface area contributed by atoms with Crippen molar-refractivity contribution in [3.8, 4) is 0 Å². The number of alkyl halides is 1. The van der Waals surface area contributed by atoms with E-state index in [4.69, 9.17) is 0 Å². The van der Waals surface area contributed by atoms with Gasteiger partial charge in [-0.2, -0.15) is 4.39 Å². The molecule has 0 bridgehead atoms. The third-order valence-corrected chi connectivity index (χ3v) is 3.39. The van der Waals surface area contributed by atoms with Gasteiger partial charge in [0.1, 0.15) is 6.67 Å². The van der Waals surface area contributed by atoms with Crippen molar-refractivity contribution in [2.24, 2.45) is 0 Å². The van der Waals surface area contributed by atoms with Gasteiger partial charge in [-0.05, 0) is 0 Å². The molecular weight excluding hydrogens is 312 g/mol. The third kappa shape index (κ3) is 3.30. The lowest BCUT2D eigenvalue weighted by atomic mass is 10.3. The first-order valence-electron chi connectivity index (χ1n) is 5.64. The van der Waals surface area contributed by atoms with Crippen molar-refractivity contribution in [2.75, 3.05) is 12.0 Å². The van der Waals surface area contributed by atoms with E-state index in [-0.39, 0.29) is 28.4 Å². The summed E-state index contributed by atoms with van der Waals surface area (Å²) < 4.78 is 52.0. The van der Waals surface area contributed by atoms with Crippen LogP contribution >= 0.6 is 11.3 Å². The lowest BCUT2D eigenvalue weighted by Gasteiger charge is -2.08. The number of hydrogen-bond donors (Lipinski definition) is 1. The Bertz CT molecular complexity index is 722. The zero-order valence-corrected chi connectivity index (χ0v) is 11.1. The summed E-state index contributed by atoms with van der Waals surface area (Å²) in [5, 5.41) is 1.04. The maximum absolute atomic E-state index is 13.4. The number of anilines is 1. The van der Waals surface area contributed by atoms with Crippen molar-refractivity contribution in [2.45, 2.75) is 6.54 Å². The highest BCUT2D eigenvalue weighted by molar-refractivity contribution is 7.12. The Balaban J connectivity index is 2.27. The number of carbonyl (C=O) groups excluding carboxylic acids is 1. The van der Waals surface area contributed by atoms with Crippen LogP contribution in [0.3, 0.4) is 0 Å². The van der Waals surface area contributed by atoms with E-state index in [1.54, 1.807) is 0 Å². The number of amides is 1. The number of halogens is 4. The molecule has 2 rings (SSSR count). The van der Waals surface area contributed by atoms with Gasteiger partial charge in [0.05, 0.1) is 17.1 Å². The van der Waals surface area contributed by atoms with Gasteiger partial charge in [0.2, 0.25) is 5.13 Å². The molecule has 0 radical (unpaired) electrons. The Morgan fingerprint density at radius 1 is 1.24 bits per heavy atom. The normalized spacial score (nSPS) is 10.7. The largest absolute Gasteiger partial charge is 0.320 e. The van der Waals surface area contributed by atoms with Crippen molar-refractivity contribution in [1.82, 2.24) is 4.57 Å². The second kappa shape index (κ2) is 6.08. The number of nitrogens with zero attached hydrogens (tertiary/aromatic N) is 1. The summed E-state index contributed by atoms with van der Waals surface area (Å²) >= 11 is 0.288. The Morgan fingerprint density at radius 2 is 1.95 bits per heavy atom. The molecule has 0 unspecified atom stereocenters. The molecule has 0 spiro atoms. The van der Waals surface area contributed by atoms with Crippen LogP contribution in [0.25, 0.3) is 0 Å². The van der Waals surface area contributed by atoms with Crippen LogP contribution in [0.2, 0.25) is 0 Å². The lowest BCUT2D eigenvalue weighted by Crippen LogP contribution is -2.24. The number of aryl methyl sites for hydroxylation is 1. The van der Waals surface area contributed by atoms with Gasteiger partial charge in [-0.3, -0.25) is 9.59 Å². The smallest absolute Gasteiger partial charge is 0.286 e. The minimum atomic E-state index is -1.18. The van der Waals surface area contributed by atoms with Crippen LogP contribution < -0.4 is 10.9 Å². The fraction of sp³-hybridized carbons (Fsp3) is 0.167. The van der Waals surface area contributed by atoms with E-state index in [1.807, 2.05) is 0 Å². The minimum Gasteiger partial charge on any atom is -0.320 e. The number of rotatable bonds is 4. The van der Waals surface area contributed by atoms with Gasteiger partial charge in [0.15, 0.2) is 11.6 Å². The highest BCUT2D eigenvalue weighted by Gasteiger charge is 2.16. The fourth-order valence-electron chi connectivity index (χ4n) is 1.58. The highest BCUT2D eigenvalue weighted by Crippen LogP contribution is 2.20. The molecule has 1 amide bonds. The molecule has 0 saturated carbocycles. The van der Waals surface area contributed by atoms with Gasteiger partial charge in [-0.15, -0.1) is 0 Å². The van der Waals surface area contributed by atoms with Crippen molar-refractivity contribution >= 4 is 22.9 Å². The van der Waals surface area contributed by atoms with Gasteiger partial charge in [0.25, 0.3) is 11.5 Å². The third-order valence-electron chi connectivity index (χ3n) is 2.49. The molecular formula is C12H8F4N2O2S. The van der Waals surface area contributed by atoms with E-state index in [1.165, 1.54) is 0 Å². The summed E-state index contributed by atoms with van der Waals surface area (Å²) in [6, 6.07) is 1.44. The summed E-state index contributed by atoms with van der Waals surface area (Å²) in [5.41, 5.74) is -1.15. The Kier molecular flexibility index (Phi) is 4.41. The lowest BCUT2D eigenvalue weighted by molar-refractivity contribution is 0.103. The van der Waals surface area contributed by atoms with Crippen LogP contribution in [0, 0.1) is 16.8 Å². The predicted molar refractivity (Wildman–Crippen MR) is 68.8 cm³/mol. The van der Waals surface area contributed by atoms with Crippen LogP contribution in [0.1, 0.15) is 9.67 Å². The molecule has 0 aliphatic rings.